The molecule has 322 valence electrons. The number of nitrogens with zero attached hydrogens (tertiary/aromatic N) is 1. The highest BCUT2D eigenvalue weighted by atomic mass is 16.9. The molecule has 55 heavy (non-hydrogen) atoms. The average Bonchev–Trinajstić information content (AvgIpc) is 3.48. The molecule has 4 nitrogen and oxygen atoms in total. The molecule has 0 spiro atoms. The number of rotatable bonds is 37. The molecule has 1 fully saturated rings. The number of hydrogen-bond acceptors (Lipinski definition) is 4. The summed E-state index contributed by atoms with van der Waals surface area (Å²) in [5.74, 6) is -0.931. The lowest BCUT2D eigenvalue weighted by Crippen LogP contribution is -2.43. The van der Waals surface area contributed by atoms with Crippen LogP contribution in [0.15, 0.2) is 48.6 Å². The Morgan fingerprint density at radius 3 is 1.42 bits per heavy atom. The molecule has 0 N–H and O–H groups in total. The van der Waals surface area contributed by atoms with Gasteiger partial charge in [0.15, 0.2) is 0 Å². The zero-order chi connectivity index (χ0) is 40.5. The summed E-state index contributed by atoms with van der Waals surface area (Å²) < 4.78 is 19.6. The van der Waals surface area contributed by atoms with Gasteiger partial charge in [0.25, 0.3) is 5.97 Å². The fourth-order valence-electron chi connectivity index (χ4n) is 8.08. The average molecular weight is 770 g/mol. The van der Waals surface area contributed by atoms with Crippen LogP contribution in [0.3, 0.4) is 0 Å². The minimum Gasteiger partial charge on any atom is -0.325 e. The van der Waals surface area contributed by atoms with Gasteiger partial charge >= 0.3 is 0 Å². The Bertz CT molecular complexity index is 946. The van der Waals surface area contributed by atoms with Gasteiger partial charge in [-0.05, 0) is 123 Å². The van der Waals surface area contributed by atoms with E-state index < -0.39 is 5.97 Å². The highest BCUT2D eigenvalue weighted by Gasteiger charge is 2.43. The number of allylic oxidation sites excluding steroid dienone is 8. The number of hydrogen-bond donors (Lipinski definition) is 0. The zero-order valence-electron chi connectivity index (χ0n) is 38.5. The van der Waals surface area contributed by atoms with Gasteiger partial charge in [-0.3, -0.25) is 0 Å². The summed E-state index contributed by atoms with van der Waals surface area (Å²) in [6.45, 7) is 16.6. The predicted molar refractivity (Wildman–Crippen MR) is 243 cm³/mol. The van der Waals surface area contributed by atoms with Gasteiger partial charge in [-0.15, -0.1) is 0 Å². The fourth-order valence-corrected chi connectivity index (χ4v) is 8.08. The summed E-state index contributed by atoms with van der Waals surface area (Å²) in [5.41, 5.74) is 0.284. The Morgan fingerprint density at radius 2 is 1.00 bits per heavy atom. The van der Waals surface area contributed by atoms with E-state index in [0.717, 1.165) is 38.5 Å². The molecule has 0 aromatic carbocycles. The highest BCUT2D eigenvalue weighted by Crippen LogP contribution is 2.39. The summed E-state index contributed by atoms with van der Waals surface area (Å²) >= 11 is 0. The summed E-state index contributed by atoms with van der Waals surface area (Å²) in [7, 11) is 4.36. The van der Waals surface area contributed by atoms with E-state index in [1.54, 1.807) is 0 Å². The second-order valence-corrected chi connectivity index (χ2v) is 18.7. The Hall–Kier alpha value is -1.20. The fraction of sp³-hybridized carbons (Fsp3) is 0.843. The molecule has 1 aliphatic rings. The molecule has 1 rings (SSSR count). The molecule has 0 saturated carbocycles. The first kappa shape index (κ1) is 51.8. The standard InChI is InChI=1S/C51H95NO3/c1-10-12-14-16-18-20-22-24-26-28-30-32-34-36-38-40-42-47(43-41-39-37-35-33-31-29-27-25-23-21-19-17-15-13-11-2)54-51(7)53-45-48(55-51)44-49(3,4)46-50(5,6)52(8)9/h18-21,24-27,47-48H,10-17,22-23,28-46H2,1-9H3. The normalized spacial score (nSPS) is 19.1. The van der Waals surface area contributed by atoms with Gasteiger partial charge in [-0.2, -0.15) is 0 Å². The van der Waals surface area contributed by atoms with Crippen molar-refractivity contribution in [1.29, 1.82) is 0 Å². The first-order chi connectivity index (χ1) is 26.4. The SMILES string of the molecule is CCCCCC=CCC=CCCCCCCCCC(CCCCCCCCC=CCC=CCCCCC)OC1(C)OCC(CC(C)(C)CC(C)(C)N(C)C)O1. The van der Waals surface area contributed by atoms with Crippen molar-refractivity contribution in [2.75, 3.05) is 20.7 Å². The lowest BCUT2D eigenvalue weighted by atomic mass is 9.76. The third kappa shape index (κ3) is 29.6. The smallest absolute Gasteiger partial charge is 0.280 e. The topological polar surface area (TPSA) is 30.9 Å². The van der Waals surface area contributed by atoms with Crippen molar-refractivity contribution in [1.82, 2.24) is 4.90 Å². The van der Waals surface area contributed by atoms with E-state index >= 15 is 0 Å². The largest absolute Gasteiger partial charge is 0.325 e. The predicted octanol–water partition coefficient (Wildman–Crippen LogP) is 16.0. The molecule has 1 heterocycles. The zero-order valence-corrected chi connectivity index (χ0v) is 38.5. The third-order valence-corrected chi connectivity index (χ3v) is 11.6. The molecule has 0 aliphatic carbocycles. The van der Waals surface area contributed by atoms with Crippen LogP contribution in [0.25, 0.3) is 0 Å². The minimum atomic E-state index is -0.931. The lowest BCUT2D eigenvalue weighted by molar-refractivity contribution is -0.344. The quantitative estimate of drug-likeness (QED) is 0.0465. The second-order valence-electron chi connectivity index (χ2n) is 18.7. The number of ether oxygens (including phenoxy) is 3. The molecule has 4 heteroatoms. The van der Waals surface area contributed by atoms with Crippen LogP contribution < -0.4 is 0 Å². The monoisotopic (exact) mass is 770 g/mol. The van der Waals surface area contributed by atoms with Crippen LogP contribution in [0.4, 0.5) is 0 Å². The van der Waals surface area contributed by atoms with E-state index in [4.69, 9.17) is 14.2 Å². The molecular formula is C51H95NO3. The van der Waals surface area contributed by atoms with E-state index in [1.165, 1.54) is 141 Å². The van der Waals surface area contributed by atoms with Crippen LogP contribution in [0.1, 0.15) is 228 Å². The molecule has 2 unspecified atom stereocenters. The maximum atomic E-state index is 6.75. The first-order valence-electron chi connectivity index (χ1n) is 23.7. The third-order valence-electron chi connectivity index (χ3n) is 11.6. The minimum absolute atomic E-state index is 0.0716. The molecule has 0 bridgehead atoms. The Balaban J connectivity index is 2.44. The van der Waals surface area contributed by atoms with Crippen molar-refractivity contribution in [3.05, 3.63) is 48.6 Å². The molecule has 0 aromatic heterocycles. The van der Waals surface area contributed by atoms with Gasteiger partial charge in [-0.25, -0.2) is 0 Å². The summed E-state index contributed by atoms with van der Waals surface area (Å²) in [6, 6.07) is 0. The molecule has 0 aromatic rings. The Morgan fingerprint density at radius 1 is 0.600 bits per heavy atom. The maximum absolute atomic E-state index is 6.75. The van der Waals surface area contributed by atoms with Gasteiger partial charge in [0.1, 0.15) is 0 Å². The van der Waals surface area contributed by atoms with Crippen LogP contribution in [0, 0.1) is 5.41 Å². The lowest BCUT2D eigenvalue weighted by Gasteiger charge is -2.40. The maximum Gasteiger partial charge on any atom is 0.280 e. The van der Waals surface area contributed by atoms with Crippen LogP contribution in [-0.4, -0.2) is 49.3 Å². The molecule has 0 amide bonds. The van der Waals surface area contributed by atoms with E-state index in [0.29, 0.717) is 6.61 Å². The van der Waals surface area contributed by atoms with Gasteiger partial charge in [0.05, 0.1) is 18.8 Å². The summed E-state index contributed by atoms with van der Waals surface area (Å²) in [6.07, 6.45) is 54.1. The Kier molecular flexibility index (Phi) is 30.8. The van der Waals surface area contributed by atoms with Gasteiger partial charge < -0.3 is 19.1 Å². The molecule has 1 saturated heterocycles. The van der Waals surface area contributed by atoms with Crippen molar-refractivity contribution in [3.8, 4) is 0 Å². The number of unbranched alkanes of at least 4 members (excludes halogenated alkanes) is 18. The van der Waals surface area contributed by atoms with Crippen molar-refractivity contribution in [3.63, 3.8) is 0 Å². The van der Waals surface area contributed by atoms with E-state index in [2.05, 4.69) is 109 Å². The molecule has 0 radical (unpaired) electrons. The van der Waals surface area contributed by atoms with Crippen LogP contribution >= 0.6 is 0 Å². The Labute approximate surface area is 344 Å². The second kappa shape index (κ2) is 32.7. The van der Waals surface area contributed by atoms with Crippen LogP contribution in [0.5, 0.6) is 0 Å². The van der Waals surface area contributed by atoms with Crippen LogP contribution in [-0.2, 0) is 14.2 Å². The van der Waals surface area contributed by atoms with Crippen LogP contribution in [0.2, 0.25) is 0 Å². The molecule has 2 atom stereocenters. The van der Waals surface area contributed by atoms with Gasteiger partial charge in [-0.1, -0.05) is 166 Å². The van der Waals surface area contributed by atoms with Crippen molar-refractivity contribution in [2.45, 2.75) is 252 Å². The van der Waals surface area contributed by atoms with Crippen molar-refractivity contribution >= 4 is 0 Å². The summed E-state index contributed by atoms with van der Waals surface area (Å²) in [5, 5.41) is 0. The first-order valence-corrected chi connectivity index (χ1v) is 23.7. The molecule has 1 aliphatic heterocycles. The van der Waals surface area contributed by atoms with Gasteiger partial charge in [0, 0.05) is 12.5 Å². The van der Waals surface area contributed by atoms with Crippen molar-refractivity contribution < 1.29 is 14.2 Å². The van der Waals surface area contributed by atoms with E-state index in [-0.39, 0.29) is 23.2 Å². The van der Waals surface area contributed by atoms with E-state index in [9.17, 15) is 0 Å². The van der Waals surface area contributed by atoms with E-state index in [1.807, 2.05) is 6.92 Å². The van der Waals surface area contributed by atoms with Gasteiger partial charge in [0.2, 0.25) is 0 Å². The highest BCUT2D eigenvalue weighted by molar-refractivity contribution is 4.94. The van der Waals surface area contributed by atoms with Crippen molar-refractivity contribution in [2.24, 2.45) is 5.41 Å². The molecular weight excluding hydrogens is 675 g/mol. The summed E-state index contributed by atoms with van der Waals surface area (Å²) in [4.78, 5) is 2.33.